The Morgan fingerprint density at radius 3 is 2.10 bits per heavy atom. The summed E-state index contributed by atoms with van der Waals surface area (Å²) in [6.45, 7) is 7.47. The summed E-state index contributed by atoms with van der Waals surface area (Å²) in [4.78, 5) is 36.1. The van der Waals surface area contributed by atoms with E-state index in [9.17, 15) is 19.5 Å². The van der Waals surface area contributed by atoms with Crippen molar-refractivity contribution < 1.29 is 24.2 Å². The monoisotopic (exact) mass is 302 g/mol. The molecule has 0 atom stereocenters. The number of carboxylic acids is 1. The minimum Gasteiger partial charge on any atom is -0.481 e. The van der Waals surface area contributed by atoms with E-state index in [0.717, 1.165) is 0 Å². The summed E-state index contributed by atoms with van der Waals surface area (Å²) in [5, 5.41) is 11.9. The average molecular weight is 302 g/mol. The molecule has 0 aliphatic rings. The maximum Gasteiger partial charge on any atom is 0.325 e. The van der Waals surface area contributed by atoms with Gasteiger partial charge in [0.25, 0.3) is 0 Å². The largest absolute Gasteiger partial charge is 0.481 e. The highest BCUT2D eigenvalue weighted by atomic mass is 16.5. The lowest BCUT2D eigenvalue weighted by atomic mass is 9.82. The molecule has 0 saturated heterocycles. The van der Waals surface area contributed by atoms with Crippen molar-refractivity contribution in [2.45, 2.75) is 40.5 Å². The first-order valence-electron chi connectivity index (χ1n) is 7.28. The molecule has 0 aliphatic heterocycles. The summed E-state index contributed by atoms with van der Waals surface area (Å²) in [7, 11) is 0. The molecule has 0 radical (unpaired) electrons. The number of amides is 2. The Bertz CT molecular complexity index is 366. The van der Waals surface area contributed by atoms with Crippen LogP contribution in [0.4, 0.5) is 4.79 Å². The molecule has 0 aromatic heterocycles. The molecule has 7 nitrogen and oxygen atoms in total. The van der Waals surface area contributed by atoms with Gasteiger partial charge < -0.3 is 20.1 Å². The number of rotatable bonds is 9. The van der Waals surface area contributed by atoms with Gasteiger partial charge in [0.1, 0.15) is 6.54 Å². The number of carbonyl (C=O) groups is 3. The van der Waals surface area contributed by atoms with Gasteiger partial charge >= 0.3 is 18.0 Å². The van der Waals surface area contributed by atoms with Crippen molar-refractivity contribution in [1.82, 2.24) is 10.2 Å². The second-order valence-electron chi connectivity index (χ2n) is 4.77. The third kappa shape index (κ3) is 5.61. The third-order valence-electron chi connectivity index (χ3n) is 3.68. The lowest BCUT2D eigenvalue weighted by molar-refractivity contribution is -0.149. The van der Waals surface area contributed by atoms with Crippen molar-refractivity contribution in [3.8, 4) is 0 Å². The highest BCUT2D eigenvalue weighted by Crippen LogP contribution is 2.25. The van der Waals surface area contributed by atoms with E-state index >= 15 is 0 Å². The van der Waals surface area contributed by atoms with E-state index < -0.39 is 23.4 Å². The zero-order chi connectivity index (χ0) is 16.5. The molecule has 0 bridgehead atoms. The molecule has 122 valence electrons. The molecule has 0 saturated carbocycles. The molecule has 0 unspecified atom stereocenters. The van der Waals surface area contributed by atoms with Crippen molar-refractivity contribution in [1.29, 1.82) is 0 Å². The molecule has 0 fully saturated rings. The van der Waals surface area contributed by atoms with Crippen LogP contribution in [0.25, 0.3) is 0 Å². The second-order valence-corrected chi connectivity index (χ2v) is 4.77. The van der Waals surface area contributed by atoms with Gasteiger partial charge in [-0.05, 0) is 26.7 Å². The van der Waals surface area contributed by atoms with Crippen LogP contribution < -0.4 is 5.32 Å². The number of hydrogen-bond donors (Lipinski definition) is 2. The number of nitrogens with zero attached hydrogens (tertiary/aromatic N) is 1. The highest BCUT2D eigenvalue weighted by molar-refractivity contribution is 5.82. The fourth-order valence-corrected chi connectivity index (χ4v) is 1.92. The van der Waals surface area contributed by atoms with Crippen LogP contribution in [0.1, 0.15) is 40.5 Å². The Labute approximate surface area is 125 Å². The zero-order valence-electron chi connectivity index (χ0n) is 13.3. The molecule has 0 aliphatic carbocycles. The predicted molar refractivity (Wildman–Crippen MR) is 77.9 cm³/mol. The summed E-state index contributed by atoms with van der Waals surface area (Å²) in [5.74, 6) is -1.41. The molecule has 0 heterocycles. The molecule has 0 rings (SSSR count). The molecule has 7 heteroatoms. The summed E-state index contributed by atoms with van der Waals surface area (Å²) in [6, 6.07) is -0.460. The van der Waals surface area contributed by atoms with Crippen LogP contribution in [0.3, 0.4) is 0 Å². The first kappa shape index (κ1) is 19.2. The number of hydrogen-bond acceptors (Lipinski definition) is 4. The Morgan fingerprint density at radius 2 is 1.71 bits per heavy atom. The summed E-state index contributed by atoms with van der Waals surface area (Å²) < 4.78 is 4.80. The van der Waals surface area contributed by atoms with E-state index in [1.54, 1.807) is 27.7 Å². The first-order chi connectivity index (χ1) is 9.86. The second kappa shape index (κ2) is 9.20. The maximum absolute atomic E-state index is 12.0. The number of likely N-dealkylation sites (N-methyl/N-ethyl adjacent to an activating group) is 1. The molecule has 0 aromatic rings. The summed E-state index contributed by atoms with van der Waals surface area (Å²) in [6.07, 6.45) is 0.840. The van der Waals surface area contributed by atoms with Crippen molar-refractivity contribution in [3.63, 3.8) is 0 Å². The Kier molecular flexibility index (Phi) is 8.42. The fraction of sp³-hybridized carbons (Fsp3) is 0.786. The lowest BCUT2D eigenvalue weighted by Crippen LogP contribution is -2.48. The number of carboxylic acid groups (broad SMARTS) is 1. The van der Waals surface area contributed by atoms with Crippen molar-refractivity contribution in [3.05, 3.63) is 0 Å². The SMILES string of the molecule is CCOC(=O)CN(CC)C(=O)NCC(CC)(CC)C(=O)O. The topological polar surface area (TPSA) is 95.9 Å². The number of carbonyl (C=O) groups excluding carboxylic acids is 2. The number of nitrogens with one attached hydrogen (secondary N) is 1. The molecule has 0 spiro atoms. The molecule has 0 aromatic carbocycles. The van der Waals surface area contributed by atoms with Crippen LogP contribution in [0.15, 0.2) is 0 Å². The smallest absolute Gasteiger partial charge is 0.325 e. The lowest BCUT2D eigenvalue weighted by Gasteiger charge is -2.28. The maximum atomic E-state index is 12.0. The van der Waals surface area contributed by atoms with E-state index in [0.29, 0.717) is 19.4 Å². The van der Waals surface area contributed by atoms with Crippen molar-refractivity contribution >= 4 is 18.0 Å². The van der Waals surface area contributed by atoms with E-state index in [-0.39, 0.29) is 19.7 Å². The summed E-state index contributed by atoms with van der Waals surface area (Å²) >= 11 is 0. The number of ether oxygens (including phenoxy) is 1. The van der Waals surface area contributed by atoms with Gasteiger partial charge in [-0.2, -0.15) is 0 Å². The Balaban J connectivity index is 4.63. The minimum absolute atomic E-state index is 0.0352. The van der Waals surface area contributed by atoms with Crippen LogP contribution in [0.5, 0.6) is 0 Å². The third-order valence-corrected chi connectivity index (χ3v) is 3.68. The molecular formula is C14H26N2O5. The van der Waals surface area contributed by atoms with E-state index in [4.69, 9.17) is 4.74 Å². The highest BCUT2D eigenvalue weighted by Gasteiger charge is 2.35. The predicted octanol–water partition coefficient (Wildman–Crippen LogP) is 1.47. The van der Waals surface area contributed by atoms with Gasteiger partial charge in [0.15, 0.2) is 0 Å². The fourth-order valence-electron chi connectivity index (χ4n) is 1.92. The minimum atomic E-state index is -0.973. The van der Waals surface area contributed by atoms with Gasteiger partial charge in [0.05, 0.1) is 12.0 Å². The van der Waals surface area contributed by atoms with Crippen LogP contribution in [0, 0.1) is 5.41 Å². The molecule has 2 amide bonds. The first-order valence-corrected chi connectivity index (χ1v) is 7.28. The number of aliphatic carboxylic acids is 1. The quantitative estimate of drug-likeness (QED) is 0.629. The van der Waals surface area contributed by atoms with Crippen molar-refractivity contribution in [2.24, 2.45) is 5.41 Å². The van der Waals surface area contributed by atoms with Gasteiger partial charge in [-0.1, -0.05) is 13.8 Å². The Morgan fingerprint density at radius 1 is 1.14 bits per heavy atom. The van der Waals surface area contributed by atoms with E-state index in [2.05, 4.69) is 5.32 Å². The van der Waals surface area contributed by atoms with Gasteiger partial charge in [-0.3, -0.25) is 9.59 Å². The standard InChI is InChI=1S/C14H26N2O5/c1-5-14(6-2,12(18)19)10-15-13(20)16(7-3)9-11(17)21-8-4/h5-10H2,1-4H3,(H,15,20)(H,18,19). The average Bonchev–Trinajstić information content (AvgIpc) is 2.46. The number of esters is 1. The normalized spacial score (nSPS) is 10.9. The van der Waals surface area contributed by atoms with E-state index in [1.165, 1.54) is 4.90 Å². The van der Waals surface area contributed by atoms with Crippen LogP contribution in [-0.4, -0.2) is 54.2 Å². The van der Waals surface area contributed by atoms with Gasteiger partial charge in [0.2, 0.25) is 0 Å². The van der Waals surface area contributed by atoms with Crippen LogP contribution >= 0.6 is 0 Å². The van der Waals surface area contributed by atoms with E-state index in [1.807, 2.05) is 0 Å². The molecule has 21 heavy (non-hydrogen) atoms. The van der Waals surface area contributed by atoms with Crippen molar-refractivity contribution in [2.75, 3.05) is 26.2 Å². The number of urea groups is 1. The Hall–Kier alpha value is -1.79. The molecular weight excluding hydrogens is 276 g/mol. The molecule has 2 N–H and O–H groups in total. The summed E-state index contributed by atoms with van der Waals surface area (Å²) in [5.41, 5.74) is -0.973. The van der Waals surface area contributed by atoms with Gasteiger partial charge in [-0.25, -0.2) is 4.79 Å². The van der Waals surface area contributed by atoms with Crippen LogP contribution in [-0.2, 0) is 14.3 Å². The van der Waals surface area contributed by atoms with Gasteiger partial charge in [-0.15, -0.1) is 0 Å². The van der Waals surface area contributed by atoms with Gasteiger partial charge in [0, 0.05) is 13.1 Å². The van der Waals surface area contributed by atoms with Crippen LogP contribution in [0.2, 0.25) is 0 Å². The zero-order valence-corrected chi connectivity index (χ0v) is 13.3.